The van der Waals surface area contributed by atoms with Crippen LogP contribution in [0.1, 0.15) is 37.6 Å². The second kappa shape index (κ2) is 6.61. The predicted molar refractivity (Wildman–Crippen MR) is 79.0 cm³/mol. The lowest BCUT2D eigenvalue weighted by molar-refractivity contribution is 0.0896. The normalized spacial score (nSPS) is 12.8. The van der Waals surface area contributed by atoms with Crippen LogP contribution in [0.3, 0.4) is 0 Å². The van der Waals surface area contributed by atoms with Crippen LogP contribution in [0.25, 0.3) is 0 Å². The van der Waals surface area contributed by atoms with Gasteiger partial charge in [0.2, 0.25) is 0 Å². The number of aromatic hydroxyl groups is 1. The second-order valence-corrected chi connectivity index (χ2v) is 5.85. The number of phenols is 1. The van der Waals surface area contributed by atoms with Gasteiger partial charge >= 0.3 is 0 Å². The van der Waals surface area contributed by atoms with Crippen molar-refractivity contribution < 1.29 is 14.6 Å². The van der Waals surface area contributed by atoms with Crippen molar-refractivity contribution in [2.75, 3.05) is 13.7 Å². The zero-order chi connectivity index (χ0) is 15.3. The Morgan fingerprint density at radius 3 is 2.60 bits per heavy atom. The van der Waals surface area contributed by atoms with E-state index in [9.17, 15) is 9.90 Å². The Morgan fingerprint density at radius 1 is 1.45 bits per heavy atom. The molecule has 1 atom stereocenters. The summed E-state index contributed by atoms with van der Waals surface area (Å²) < 4.78 is 5.07. The van der Waals surface area contributed by atoms with Crippen LogP contribution in [0, 0.1) is 5.41 Å². The minimum absolute atomic E-state index is 0.0643. The van der Waals surface area contributed by atoms with Crippen LogP contribution in [-0.2, 0) is 0 Å². The van der Waals surface area contributed by atoms with Gasteiger partial charge in [-0.2, -0.15) is 0 Å². The second-order valence-electron chi connectivity index (χ2n) is 5.85. The summed E-state index contributed by atoms with van der Waals surface area (Å²) in [5, 5.41) is 12.7. The summed E-state index contributed by atoms with van der Waals surface area (Å²) >= 11 is 0. The van der Waals surface area contributed by atoms with E-state index in [-0.39, 0.29) is 28.7 Å². The van der Waals surface area contributed by atoms with Gasteiger partial charge in [0.1, 0.15) is 11.5 Å². The molecule has 1 aromatic rings. The van der Waals surface area contributed by atoms with Gasteiger partial charge in [0.25, 0.3) is 5.91 Å². The zero-order valence-electron chi connectivity index (χ0n) is 12.6. The van der Waals surface area contributed by atoms with Gasteiger partial charge in [-0.05, 0) is 36.6 Å². The summed E-state index contributed by atoms with van der Waals surface area (Å²) in [6.07, 6.45) is 0.681. The fourth-order valence-electron chi connectivity index (χ4n) is 1.95. The Bertz CT molecular complexity index is 467. The first kappa shape index (κ1) is 16.3. The summed E-state index contributed by atoms with van der Waals surface area (Å²) in [5.74, 6) is 0.137. The summed E-state index contributed by atoms with van der Waals surface area (Å²) in [4.78, 5) is 12.3. The Balaban J connectivity index is 2.94. The third kappa shape index (κ3) is 4.13. The molecule has 0 radical (unpaired) electrons. The Hall–Kier alpha value is -1.75. The Morgan fingerprint density at radius 2 is 2.10 bits per heavy atom. The summed E-state index contributed by atoms with van der Waals surface area (Å²) in [6.45, 7) is 6.61. The maximum absolute atomic E-state index is 12.3. The number of methoxy groups -OCH3 is 1. The molecule has 4 N–H and O–H groups in total. The van der Waals surface area contributed by atoms with Gasteiger partial charge in [-0.1, -0.05) is 20.8 Å². The maximum Gasteiger partial charge on any atom is 0.255 e. The minimum atomic E-state index is -0.324. The number of benzene rings is 1. The van der Waals surface area contributed by atoms with Crippen molar-refractivity contribution in [3.63, 3.8) is 0 Å². The third-order valence-corrected chi connectivity index (χ3v) is 3.25. The molecule has 1 amide bonds. The number of nitrogens with two attached hydrogens (primary N) is 1. The maximum atomic E-state index is 12.3. The van der Waals surface area contributed by atoms with E-state index in [0.717, 1.165) is 0 Å². The third-order valence-electron chi connectivity index (χ3n) is 3.25. The molecule has 0 fully saturated rings. The number of hydrogen-bond donors (Lipinski definition) is 3. The molecule has 1 unspecified atom stereocenters. The number of amides is 1. The topological polar surface area (TPSA) is 84.6 Å². The van der Waals surface area contributed by atoms with Crippen LogP contribution in [0.2, 0.25) is 0 Å². The molecule has 1 aromatic carbocycles. The lowest BCUT2D eigenvalue weighted by Crippen LogP contribution is -2.44. The number of carbonyl (C=O) groups excluding carboxylic acids is 1. The number of carbonyl (C=O) groups is 1. The first-order chi connectivity index (χ1) is 9.29. The lowest BCUT2D eigenvalue weighted by atomic mass is 9.84. The van der Waals surface area contributed by atoms with Gasteiger partial charge in [-0.3, -0.25) is 4.79 Å². The molecule has 112 valence electrons. The largest absolute Gasteiger partial charge is 0.507 e. The summed E-state index contributed by atoms with van der Waals surface area (Å²) in [5.41, 5.74) is 5.69. The smallest absolute Gasteiger partial charge is 0.255 e. The number of phenolic OH excluding ortho intramolecular Hbond substituents is 1. The van der Waals surface area contributed by atoms with Crippen LogP contribution < -0.4 is 15.8 Å². The van der Waals surface area contributed by atoms with Crippen molar-refractivity contribution in [1.82, 2.24) is 5.32 Å². The van der Waals surface area contributed by atoms with E-state index in [1.165, 1.54) is 19.2 Å². The zero-order valence-corrected chi connectivity index (χ0v) is 12.6. The van der Waals surface area contributed by atoms with Gasteiger partial charge < -0.3 is 20.9 Å². The molecule has 1 rings (SSSR count). The average Bonchev–Trinajstić information content (AvgIpc) is 2.37. The first-order valence-electron chi connectivity index (χ1n) is 6.67. The minimum Gasteiger partial charge on any atom is -0.507 e. The molecular weight excluding hydrogens is 256 g/mol. The number of hydrogen-bond acceptors (Lipinski definition) is 4. The fourth-order valence-corrected chi connectivity index (χ4v) is 1.95. The van der Waals surface area contributed by atoms with Crippen molar-refractivity contribution >= 4 is 5.91 Å². The monoisotopic (exact) mass is 280 g/mol. The van der Waals surface area contributed by atoms with Crippen molar-refractivity contribution in [3.05, 3.63) is 23.8 Å². The predicted octanol–water partition coefficient (Wildman–Crippen LogP) is 1.89. The van der Waals surface area contributed by atoms with Gasteiger partial charge in [0.05, 0.1) is 12.7 Å². The van der Waals surface area contributed by atoms with Gasteiger partial charge in [-0.25, -0.2) is 0 Å². The molecule has 0 spiro atoms. The quantitative estimate of drug-likeness (QED) is 0.769. The van der Waals surface area contributed by atoms with Crippen LogP contribution >= 0.6 is 0 Å². The van der Waals surface area contributed by atoms with E-state index in [2.05, 4.69) is 5.32 Å². The van der Waals surface area contributed by atoms with Crippen molar-refractivity contribution in [1.29, 1.82) is 0 Å². The van der Waals surface area contributed by atoms with Gasteiger partial charge in [0.15, 0.2) is 0 Å². The number of nitrogens with one attached hydrogen (secondary N) is 1. The summed E-state index contributed by atoms with van der Waals surface area (Å²) in [7, 11) is 1.51. The molecule has 0 heterocycles. The Kier molecular flexibility index (Phi) is 5.39. The molecule has 5 heteroatoms. The highest BCUT2D eigenvalue weighted by molar-refractivity contribution is 5.97. The lowest BCUT2D eigenvalue weighted by Gasteiger charge is -2.31. The van der Waals surface area contributed by atoms with Crippen molar-refractivity contribution in [2.45, 2.75) is 33.2 Å². The van der Waals surface area contributed by atoms with Crippen LogP contribution in [0.15, 0.2) is 18.2 Å². The standard InChI is InChI=1S/C15H24N2O3/c1-15(2,3)13(7-8-16)17-14(19)11-9-10(20-4)5-6-12(11)18/h5-6,9,13,18H,7-8,16H2,1-4H3,(H,17,19). The van der Waals surface area contributed by atoms with Crippen molar-refractivity contribution in [2.24, 2.45) is 11.1 Å². The molecule has 5 nitrogen and oxygen atoms in total. The Labute approximate surface area is 120 Å². The van der Waals surface area contributed by atoms with E-state index in [1.54, 1.807) is 6.07 Å². The molecule has 0 aliphatic heterocycles. The molecule has 0 saturated heterocycles. The van der Waals surface area contributed by atoms with E-state index in [0.29, 0.717) is 18.7 Å². The van der Waals surface area contributed by atoms with Crippen LogP contribution in [-0.4, -0.2) is 30.7 Å². The molecule has 0 aromatic heterocycles. The van der Waals surface area contributed by atoms with E-state index in [4.69, 9.17) is 10.5 Å². The molecule has 0 aliphatic rings. The molecule has 0 aliphatic carbocycles. The average molecular weight is 280 g/mol. The van der Waals surface area contributed by atoms with E-state index >= 15 is 0 Å². The highest BCUT2D eigenvalue weighted by Crippen LogP contribution is 2.25. The number of ether oxygens (including phenoxy) is 1. The molecule has 20 heavy (non-hydrogen) atoms. The molecule has 0 saturated carbocycles. The van der Waals surface area contributed by atoms with E-state index < -0.39 is 0 Å². The van der Waals surface area contributed by atoms with Crippen LogP contribution in [0.4, 0.5) is 0 Å². The van der Waals surface area contributed by atoms with Gasteiger partial charge in [0, 0.05) is 6.04 Å². The highest BCUT2D eigenvalue weighted by atomic mass is 16.5. The van der Waals surface area contributed by atoms with Gasteiger partial charge in [-0.15, -0.1) is 0 Å². The number of rotatable bonds is 5. The highest BCUT2D eigenvalue weighted by Gasteiger charge is 2.26. The first-order valence-corrected chi connectivity index (χ1v) is 6.67. The SMILES string of the molecule is COc1ccc(O)c(C(=O)NC(CCN)C(C)(C)C)c1. The fraction of sp³-hybridized carbons (Fsp3) is 0.533. The van der Waals surface area contributed by atoms with Crippen LogP contribution in [0.5, 0.6) is 11.5 Å². The molecule has 0 bridgehead atoms. The molecular formula is C15H24N2O3. The van der Waals surface area contributed by atoms with Crippen molar-refractivity contribution in [3.8, 4) is 11.5 Å². The van der Waals surface area contributed by atoms with E-state index in [1.807, 2.05) is 20.8 Å². The summed E-state index contributed by atoms with van der Waals surface area (Å²) in [6, 6.07) is 4.51.